The standard InChI is InChI=1S/C13H22N2O3/c1-2-3-11-13(17)14-8-12(16)15(11)9-10-4-6-18-7-5-10/h10-11H,2-9H2,1H3,(H,14,17). The van der Waals surface area contributed by atoms with Gasteiger partial charge in [-0.15, -0.1) is 0 Å². The summed E-state index contributed by atoms with van der Waals surface area (Å²) in [4.78, 5) is 25.6. The molecule has 2 saturated heterocycles. The number of rotatable bonds is 4. The lowest BCUT2D eigenvalue weighted by Gasteiger charge is -2.38. The maximum absolute atomic E-state index is 12.0. The van der Waals surface area contributed by atoms with Crippen LogP contribution in [0.1, 0.15) is 32.6 Å². The average molecular weight is 254 g/mol. The van der Waals surface area contributed by atoms with Crippen LogP contribution in [0.2, 0.25) is 0 Å². The maximum atomic E-state index is 12.0. The fraction of sp³-hybridized carbons (Fsp3) is 0.846. The summed E-state index contributed by atoms with van der Waals surface area (Å²) in [6.45, 7) is 4.45. The molecular formula is C13H22N2O3. The van der Waals surface area contributed by atoms with Crippen molar-refractivity contribution in [3.05, 3.63) is 0 Å². The topological polar surface area (TPSA) is 58.6 Å². The molecule has 2 rings (SSSR count). The first kappa shape index (κ1) is 13.3. The predicted molar refractivity (Wildman–Crippen MR) is 67.0 cm³/mol. The monoisotopic (exact) mass is 254 g/mol. The Morgan fingerprint density at radius 2 is 2.06 bits per heavy atom. The molecule has 0 aliphatic carbocycles. The highest BCUT2D eigenvalue weighted by molar-refractivity contribution is 5.94. The van der Waals surface area contributed by atoms with Crippen LogP contribution >= 0.6 is 0 Å². The van der Waals surface area contributed by atoms with E-state index in [-0.39, 0.29) is 24.4 Å². The van der Waals surface area contributed by atoms with E-state index in [1.54, 1.807) is 4.90 Å². The molecule has 0 bridgehead atoms. The van der Waals surface area contributed by atoms with Crippen molar-refractivity contribution in [3.8, 4) is 0 Å². The van der Waals surface area contributed by atoms with Crippen molar-refractivity contribution in [1.82, 2.24) is 10.2 Å². The molecule has 0 aromatic heterocycles. The van der Waals surface area contributed by atoms with Gasteiger partial charge >= 0.3 is 0 Å². The Morgan fingerprint density at radius 3 is 2.72 bits per heavy atom. The van der Waals surface area contributed by atoms with E-state index in [4.69, 9.17) is 4.74 Å². The highest BCUT2D eigenvalue weighted by atomic mass is 16.5. The van der Waals surface area contributed by atoms with Crippen LogP contribution in [0, 0.1) is 5.92 Å². The van der Waals surface area contributed by atoms with Crippen molar-refractivity contribution in [1.29, 1.82) is 0 Å². The van der Waals surface area contributed by atoms with E-state index >= 15 is 0 Å². The number of nitrogens with one attached hydrogen (secondary N) is 1. The minimum Gasteiger partial charge on any atom is -0.381 e. The zero-order valence-corrected chi connectivity index (χ0v) is 11.0. The summed E-state index contributed by atoms with van der Waals surface area (Å²) in [6.07, 6.45) is 3.64. The molecule has 102 valence electrons. The Bertz CT molecular complexity index is 313. The van der Waals surface area contributed by atoms with Gasteiger partial charge in [0, 0.05) is 19.8 Å². The molecule has 0 aromatic rings. The first-order valence-corrected chi connectivity index (χ1v) is 6.87. The van der Waals surface area contributed by atoms with Crippen molar-refractivity contribution < 1.29 is 14.3 Å². The van der Waals surface area contributed by atoms with Crippen molar-refractivity contribution in [3.63, 3.8) is 0 Å². The predicted octanol–water partition coefficient (Wildman–Crippen LogP) is 0.540. The molecule has 2 aliphatic heterocycles. The molecule has 2 fully saturated rings. The summed E-state index contributed by atoms with van der Waals surface area (Å²) >= 11 is 0. The summed E-state index contributed by atoms with van der Waals surface area (Å²) in [5.74, 6) is 0.538. The first-order valence-electron chi connectivity index (χ1n) is 6.87. The van der Waals surface area contributed by atoms with Crippen LogP contribution in [-0.2, 0) is 14.3 Å². The highest BCUT2D eigenvalue weighted by Gasteiger charge is 2.35. The van der Waals surface area contributed by atoms with Crippen molar-refractivity contribution in [2.75, 3.05) is 26.3 Å². The van der Waals surface area contributed by atoms with Gasteiger partial charge in [0.1, 0.15) is 6.04 Å². The third-order valence-corrected chi connectivity index (χ3v) is 3.77. The molecule has 0 spiro atoms. The second kappa shape index (κ2) is 6.18. The summed E-state index contributed by atoms with van der Waals surface area (Å²) < 4.78 is 5.33. The van der Waals surface area contributed by atoms with Crippen LogP contribution in [-0.4, -0.2) is 49.1 Å². The molecule has 5 nitrogen and oxygen atoms in total. The van der Waals surface area contributed by atoms with Gasteiger partial charge < -0.3 is 15.0 Å². The van der Waals surface area contributed by atoms with Crippen molar-refractivity contribution >= 4 is 11.8 Å². The minimum absolute atomic E-state index is 0.00325. The Hall–Kier alpha value is -1.10. The van der Waals surface area contributed by atoms with Gasteiger partial charge in [0.15, 0.2) is 0 Å². The SMILES string of the molecule is CCCC1C(=O)NCC(=O)N1CC1CCOCC1. The number of ether oxygens (including phenoxy) is 1. The molecule has 18 heavy (non-hydrogen) atoms. The number of carbonyl (C=O) groups is 2. The van der Waals surface area contributed by atoms with E-state index in [0.717, 1.165) is 38.9 Å². The van der Waals surface area contributed by atoms with E-state index in [9.17, 15) is 9.59 Å². The van der Waals surface area contributed by atoms with Crippen molar-refractivity contribution in [2.24, 2.45) is 5.92 Å². The van der Waals surface area contributed by atoms with Gasteiger partial charge in [-0.2, -0.15) is 0 Å². The van der Waals surface area contributed by atoms with E-state index < -0.39 is 0 Å². The Balaban J connectivity index is 2.00. The lowest BCUT2D eigenvalue weighted by Crippen LogP contribution is -2.59. The molecule has 2 heterocycles. The summed E-state index contributed by atoms with van der Waals surface area (Å²) in [5.41, 5.74) is 0. The zero-order valence-electron chi connectivity index (χ0n) is 11.0. The summed E-state index contributed by atoms with van der Waals surface area (Å²) in [7, 11) is 0. The van der Waals surface area contributed by atoms with E-state index in [1.165, 1.54) is 0 Å². The zero-order chi connectivity index (χ0) is 13.0. The maximum Gasteiger partial charge on any atom is 0.243 e. The van der Waals surface area contributed by atoms with E-state index in [1.807, 2.05) is 6.92 Å². The van der Waals surface area contributed by atoms with Crippen LogP contribution in [0.5, 0.6) is 0 Å². The number of amides is 2. The average Bonchev–Trinajstić information content (AvgIpc) is 2.39. The molecule has 2 aliphatic rings. The molecule has 0 saturated carbocycles. The minimum atomic E-state index is -0.265. The van der Waals surface area contributed by atoms with Crippen molar-refractivity contribution in [2.45, 2.75) is 38.6 Å². The lowest BCUT2D eigenvalue weighted by molar-refractivity contribution is -0.147. The molecule has 0 aromatic carbocycles. The number of piperazine rings is 1. The van der Waals surface area contributed by atoms with Gasteiger partial charge in [-0.25, -0.2) is 0 Å². The number of carbonyl (C=O) groups excluding carboxylic acids is 2. The number of nitrogens with zero attached hydrogens (tertiary/aromatic N) is 1. The number of hydrogen-bond donors (Lipinski definition) is 1. The van der Waals surface area contributed by atoms with Gasteiger partial charge in [-0.1, -0.05) is 13.3 Å². The fourth-order valence-electron chi connectivity index (χ4n) is 2.69. The molecule has 5 heteroatoms. The van der Waals surface area contributed by atoms with E-state index in [0.29, 0.717) is 12.5 Å². The summed E-state index contributed by atoms with van der Waals surface area (Å²) in [6, 6.07) is -0.265. The largest absolute Gasteiger partial charge is 0.381 e. The Kier molecular flexibility index (Phi) is 4.58. The normalized spacial score (nSPS) is 26.3. The lowest BCUT2D eigenvalue weighted by atomic mass is 9.97. The smallest absolute Gasteiger partial charge is 0.243 e. The highest BCUT2D eigenvalue weighted by Crippen LogP contribution is 2.20. The van der Waals surface area contributed by atoms with Gasteiger partial charge in [-0.05, 0) is 25.2 Å². The fourth-order valence-corrected chi connectivity index (χ4v) is 2.69. The second-order valence-electron chi connectivity index (χ2n) is 5.12. The molecule has 1 unspecified atom stereocenters. The third-order valence-electron chi connectivity index (χ3n) is 3.77. The van der Waals surface area contributed by atoms with Crippen LogP contribution in [0.3, 0.4) is 0 Å². The summed E-state index contributed by atoms with van der Waals surface area (Å²) in [5, 5.41) is 2.68. The van der Waals surface area contributed by atoms with Crippen LogP contribution in [0.25, 0.3) is 0 Å². The Morgan fingerprint density at radius 1 is 1.33 bits per heavy atom. The molecular weight excluding hydrogens is 232 g/mol. The van der Waals surface area contributed by atoms with Gasteiger partial charge in [0.2, 0.25) is 11.8 Å². The van der Waals surface area contributed by atoms with Gasteiger partial charge in [0.25, 0.3) is 0 Å². The van der Waals surface area contributed by atoms with Crippen LogP contribution < -0.4 is 5.32 Å². The van der Waals surface area contributed by atoms with Crippen LogP contribution in [0.4, 0.5) is 0 Å². The Labute approximate surface area is 108 Å². The second-order valence-corrected chi connectivity index (χ2v) is 5.12. The molecule has 1 N–H and O–H groups in total. The molecule has 0 radical (unpaired) electrons. The molecule has 1 atom stereocenters. The van der Waals surface area contributed by atoms with Gasteiger partial charge in [0.05, 0.1) is 6.54 Å². The van der Waals surface area contributed by atoms with Gasteiger partial charge in [-0.3, -0.25) is 9.59 Å². The van der Waals surface area contributed by atoms with E-state index in [2.05, 4.69) is 5.32 Å². The molecule has 2 amide bonds. The first-order chi connectivity index (χ1) is 8.72. The number of hydrogen-bond acceptors (Lipinski definition) is 3. The quantitative estimate of drug-likeness (QED) is 0.796. The third kappa shape index (κ3) is 3.02. The van der Waals surface area contributed by atoms with Crippen LogP contribution in [0.15, 0.2) is 0 Å².